The molecule has 2 heterocycles. The van der Waals surface area contributed by atoms with Crippen LogP contribution >= 0.6 is 0 Å². The third-order valence-corrected chi connectivity index (χ3v) is 2.61. The summed E-state index contributed by atoms with van der Waals surface area (Å²) < 4.78 is 0. The Hall–Kier alpha value is -1.87. The van der Waals surface area contributed by atoms with E-state index in [0.29, 0.717) is 11.9 Å². The molecule has 1 saturated heterocycles. The van der Waals surface area contributed by atoms with Crippen molar-refractivity contribution in [1.82, 2.24) is 14.9 Å². The summed E-state index contributed by atoms with van der Waals surface area (Å²) in [6, 6.07) is 3.75. The third kappa shape index (κ3) is 2.38. The van der Waals surface area contributed by atoms with E-state index >= 15 is 0 Å². The van der Waals surface area contributed by atoms with Crippen LogP contribution < -0.4 is 11.0 Å². The van der Waals surface area contributed by atoms with Crippen LogP contribution in [-0.2, 0) is 0 Å². The van der Waals surface area contributed by atoms with Crippen molar-refractivity contribution in [2.45, 2.75) is 12.5 Å². The lowest BCUT2D eigenvalue weighted by atomic mass is 10.2. The van der Waals surface area contributed by atoms with Gasteiger partial charge < -0.3 is 10.2 Å². The standard InChI is InChI=1S/C10H13N5O/c1-15-3-2-7(6-15)12-9-4-8(5-11)13-10(16)14-9/h4,7H,2-3,6H2,1H3,(H2,12,13,14,16). The van der Waals surface area contributed by atoms with Crippen molar-refractivity contribution in [2.24, 2.45) is 0 Å². The van der Waals surface area contributed by atoms with Crippen molar-refractivity contribution in [2.75, 3.05) is 25.5 Å². The Morgan fingerprint density at radius 1 is 1.75 bits per heavy atom. The Morgan fingerprint density at radius 2 is 2.56 bits per heavy atom. The zero-order valence-electron chi connectivity index (χ0n) is 9.03. The summed E-state index contributed by atoms with van der Waals surface area (Å²) in [4.78, 5) is 19.5. The van der Waals surface area contributed by atoms with Crippen molar-refractivity contribution < 1.29 is 0 Å². The lowest BCUT2D eigenvalue weighted by Crippen LogP contribution is -2.25. The number of aromatic amines is 1. The van der Waals surface area contributed by atoms with Gasteiger partial charge in [0, 0.05) is 18.7 Å². The molecule has 0 aromatic carbocycles. The Bertz CT molecular complexity index is 475. The van der Waals surface area contributed by atoms with E-state index in [-0.39, 0.29) is 5.69 Å². The van der Waals surface area contributed by atoms with Gasteiger partial charge in [-0.3, -0.25) is 4.98 Å². The highest BCUT2D eigenvalue weighted by molar-refractivity contribution is 5.39. The maximum Gasteiger partial charge on any atom is 0.347 e. The van der Waals surface area contributed by atoms with E-state index in [2.05, 4.69) is 20.2 Å². The van der Waals surface area contributed by atoms with E-state index in [1.807, 2.05) is 13.1 Å². The van der Waals surface area contributed by atoms with E-state index in [9.17, 15) is 4.79 Å². The molecule has 0 saturated carbocycles. The Kier molecular flexibility index (Phi) is 2.88. The summed E-state index contributed by atoms with van der Waals surface area (Å²) in [5.74, 6) is 0.473. The van der Waals surface area contributed by atoms with Gasteiger partial charge in [0.2, 0.25) is 0 Å². The summed E-state index contributed by atoms with van der Waals surface area (Å²) in [5, 5.41) is 11.9. The average Bonchev–Trinajstić information content (AvgIpc) is 2.63. The molecule has 6 nitrogen and oxygen atoms in total. The number of likely N-dealkylation sites (tertiary alicyclic amines) is 1. The van der Waals surface area contributed by atoms with Crippen LogP contribution in [0.5, 0.6) is 0 Å². The first-order chi connectivity index (χ1) is 7.67. The molecule has 1 unspecified atom stereocenters. The monoisotopic (exact) mass is 219 g/mol. The highest BCUT2D eigenvalue weighted by atomic mass is 16.1. The van der Waals surface area contributed by atoms with Crippen molar-refractivity contribution in [3.05, 3.63) is 22.2 Å². The predicted molar refractivity (Wildman–Crippen MR) is 59.1 cm³/mol. The number of hydrogen-bond donors (Lipinski definition) is 2. The number of hydrogen-bond acceptors (Lipinski definition) is 5. The molecule has 1 aromatic heterocycles. The van der Waals surface area contributed by atoms with Gasteiger partial charge in [0.1, 0.15) is 17.6 Å². The SMILES string of the molecule is CN1CCC(Nc2cc(C#N)[nH]c(=O)n2)C1. The normalized spacial score (nSPS) is 20.6. The predicted octanol–water partition coefficient (Wildman–Crippen LogP) is -0.242. The van der Waals surface area contributed by atoms with Crippen LogP contribution in [0.1, 0.15) is 12.1 Å². The molecule has 0 aliphatic carbocycles. The number of nitriles is 1. The van der Waals surface area contributed by atoms with Gasteiger partial charge >= 0.3 is 5.69 Å². The first kappa shape index (κ1) is 10.6. The molecule has 0 spiro atoms. The van der Waals surface area contributed by atoms with Crippen LogP contribution in [0.25, 0.3) is 0 Å². The van der Waals surface area contributed by atoms with E-state index in [0.717, 1.165) is 19.5 Å². The molecule has 84 valence electrons. The maximum absolute atomic E-state index is 11.1. The molecule has 1 atom stereocenters. The second-order valence-electron chi connectivity index (χ2n) is 3.99. The van der Waals surface area contributed by atoms with Gasteiger partial charge in [-0.25, -0.2) is 4.79 Å². The third-order valence-electron chi connectivity index (χ3n) is 2.61. The number of anilines is 1. The summed E-state index contributed by atoms with van der Waals surface area (Å²) in [5.41, 5.74) is -0.262. The van der Waals surface area contributed by atoms with Crippen molar-refractivity contribution in [3.63, 3.8) is 0 Å². The second-order valence-corrected chi connectivity index (χ2v) is 3.99. The second kappa shape index (κ2) is 4.33. The fraction of sp³-hybridized carbons (Fsp3) is 0.500. The van der Waals surface area contributed by atoms with Gasteiger partial charge in [-0.05, 0) is 20.0 Å². The van der Waals surface area contributed by atoms with E-state index in [4.69, 9.17) is 5.26 Å². The molecule has 1 aromatic rings. The quantitative estimate of drug-likeness (QED) is 0.717. The summed E-state index contributed by atoms with van der Waals surface area (Å²) in [6.45, 7) is 1.96. The highest BCUT2D eigenvalue weighted by Crippen LogP contribution is 2.12. The first-order valence-corrected chi connectivity index (χ1v) is 5.14. The zero-order valence-corrected chi connectivity index (χ0v) is 9.03. The van der Waals surface area contributed by atoms with E-state index < -0.39 is 5.69 Å². The van der Waals surface area contributed by atoms with Crippen molar-refractivity contribution in [1.29, 1.82) is 5.26 Å². The van der Waals surface area contributed by atoms with Crippen molar-refractivity contribution in [3.8, 4) is 6.07 Å². The Balaban J connectivity index is 2.13. The minimum atomic E-state index is -0.493. The van der Waals surface area contributed by atoms with Gasteiger partial charge in [-0.1, -0.05) is 0 Å². The Morgan fingerprint density at radius 3 is 3.19 bits per heavy atom. The molecular weight excluding hydrogens is 206 g/mol. The van der Waals surface area contributed by atoms with Crippen molar-refractivity contribution >= 4 is 5.82 Å². The number of rotatable bonds is 2. The highest BCUT2D eigenvalue weighted by Gasteiger charge is 2.19. The molecule has 0 radical (unpaired) electrons. The van der Waals surface area contributed by atoms with Gasteiger partial charge in [0.15, 0.2) is 0 Å². The van der Waals surface area contributed by atoms with Gasteiger partial charge in [-0.15, -0.1) is 0 Å². The number of nitrogens with one attached hydrogen (secondary N) is 2. The smallest absolute Gasteiger partial charge is 0.347 e. The lowest BCUT2D eigenvalue weighted by Gasteiger charge is -2.12. The first-order valence-electron chi connectivity index (χ1n) is 5.14. The molecule has 2 N–H and O–H groups in total. The molecule has 0 amide bonds. The lowest BCUT2D eigenvalue weighted by molar-refractivity contribution is 0.414. The maximum atomic E-state index is 11.1. The number of nitrogens with zero attached hydrogens (tertiary/aromatic N) is 3. The fourth-order valence-electron chi connectivity index (χ4n) is 1.85. The minimum absolute atomic E-state index is 0.230. The van der Waals surface area contributed by atoms with Crippen LogP contribution in [0.3, 0.4) is 0 Å². The summed E-state index contributed by atoms with van der Waals surface area (Å²) in [6.07, 6.45) is 1.02. The van der Waals surface area contributed by atoms with Gasteiger partial charge in [0.05, 0.1) is 0 Å². The Labute approximate surface area is 92.9 Å². The molecular formula is C10H13N5O. The van der Waals surface area contributed by atoms with Crippen LogP contribution in [-0.4, -0.2) is 41.0 Å². The van der Waals surface area contributed by atoms with Crippen LogP contribution in [0.4, 0.5) is 5.82 Å². The van der Waals surface area contributed by atoms with Gasteiger partial charge in [0.25, 0.3) is 0 Å². The number of likely N-dealkylation sites (N-methyl/N-ethyl adjacent to an activating group) is 1. The molecule has 1 aliphatic rings. The van der Waals surface area contributed by atoms with Crippen LogP contribution in [0.15, 0.2) is 10.9 Å². The number of H-pyrrole nitrogens is 1. The average molecular weight is 219 g/mol. The molecule has 6 heteroatoms. The molecule has 1 aliphatic heterocycles. The van der Waals surface area contributed by atoms with E-state index in [1.165, 1.54) is 0 Å². The van der Waals surface area contributed by atoms with E-state index in [1.54, 1.807) is 6.07 Å². The molecule has 0 bridgehead atoms. The number of aromatic nitrogens is 2. The minimum Gasteiger partial charge on any atom is -0.366 e. The topological polar surface area (TPSA) is 84.8 Å². The fourth-order valence-corrected chi connectivity index (χ4v) is 1.85. The molecule has 16 heavy (non-hydrogen) atoms. The molecule has 1 fully saturated rings. The van der Waals surface area contributed by atoms with Crippen LogP contribution in [0.2, 0.25) is 0 Å². The largest absolute Gasteiger partial charge is 0.366 e. The molecule has 2 rings (SSSR count). The van der Waals surface area contributed by atoms with Crippen LogP contribution in [0, 0.1) is 11.3 Å². The van der Waals surface area contributed by atoms with Gasteiger partial charge in [-0.2, -0.15) is 10.2 Å². The zero-order chi connectivity index (χ0) is 11.5. The summed E-state index contributed by atoms with van der Waals surface area (Å²) in [7, 11) is 2.05. The summed E-state index contributed by atoms with van der Waals surface area (Å²) >= 11 is 0.